The summed E-state index contributed by atoms with van der Waals surface area (Å²) in [5.41, 5.74) is 0. The molecule has 0 aliphatic heterocycles. The third-order valence-electron chi connectivity index (χ3n) is 8.73. The zero-order valence-electron chi connectivity index (χ0n) is 33.8. The number of carbonyl (C=O) groups excluding carboxylic acids is 3. The molecule has 0 heterocycles. The van der Waals surface area contributed by atoms with Crippen molar-refractivity contribution < 1.29 is 28.6 Å². The fraction of sp³-hybridized carbons (Fsp3) is 0.717. The molecule has 0 amide bonds. The van der Waals surface area contributed by atoms with Gasteiger partial charge in [-0.2, -0.15) is 0 Å². The highest BCUT2D eigenvalue weighted by Crippen LogP contribution is 2.12. The SMILES string of the molecule is CC/C=C\C/C=C\C/C=C\CCCCCCCCC(=O)OCC(COC(=O)CCC/C=C\CCCCCC)OC(=O)CCC/C=C\CCCCCC. The summed E-state index contributed by atoms with van der Waals surface area (Å²) in [6, 6.07) is 0. The van der Waals surface area contributed by atoms with E-state index in [4.69, 9.17) is 14.2 Å². The van der Waals surface area contributed by atoms with Gasteiger partial charge in [-0.15, -0.1) is 0 Å². The Morgan fingerprint density at radius 3 is 1.27 bits per heavy atom. The van der Waals surface area contributed by atoms with Gasteiger partial charge in [0.1, 0.15) is 13.2 Å². The second-order valence-corrected chi connectivity index (χ2v) is 13.9. The van der Waals surface area contributed by atoms with Crippen molar-refractivity contribution >= 4 is 17.9 Å². The van der Waals surface area contributed by atoms with Crippen LogP contribution in [0.3, 0.4) is 0 Å². The van der Waals surface area contributed by atoms with Gasteiger partial charge in [-0.25, -0.2) is 0 Å². The molecule has 0 rings (SSSR count). The van der Waals surface area contributed by atoms with Crippen molar-refractivity contribution in [3.8, 4) is 0 Å². The van der Waals surface area contributed by atoms with Gasteiger partial charge in [0, 0.05) is 19.3 Å². The number of hydrogen-bond donors (Lipinski definition) is 0. The summed E-state index contributed by atoms with van der Waals surface area (Å²) in [4.78, 5) is 37.5. The van der Waals surface area contributed by atoms with Gasteiger partial charge in [0.25, 0.3) is 0 Å². The van der Waals surface area contributed by atoms with Gasteiger partial charge in [0.15, 0.2) is 6.10 Å². The Kier molecular flexibility index (Phi) is 38.6. The van der Waals surface area contributed by atoms with E-state index < -0.39 is 6.10 Å². The maximum atomic E-state index is 12.6. The molecule has 0 fully saturated rings. The molecular weight excluding hydrogens is 648 g/mol. The Balaban J connectivity index is 4.39. The van der Waals surface area contributed by atoms with Crippen molar-refractivity contribution in [1.29, 1.82) is 0 Å². The fourth-order valence-corrected chi connectivity index (χ4v) is 5.52. The molecule has 1 atom stereocenters. The summed E-state index contributed by atoms with van der Waals surface area (Å²) >= 11 is 0. The monoisotopic (exact) mass is 727 g/mol. The number of allylic oxidation sites excluding steroid dienone is 10. The first-order chi connectivity index (χ1) is 25.5. The Hall–Kier alpha value is -2.89. The predicted octanol–water partition coefficient (Wildman–Crippen LogP) is 13.4. The Bertz CT molecular complexity index is 975. The lowest BCUT2D eigenvalue weighted by Gasteiger charge is -2.18. The van der Waals surface area contributed by atoms with Crippen LogP contribution in [0, 0.1) is 0 Å². The van der Waals surface area contributed by atoms with Crippen LogP contribution in [0.5, 0.6) is 0 Å². The number of esters is 3. The molecule has 0 aliphatic carbocycles. The van der Waals surface area contributed by atoms with Crippen molar-refractivity contribution in [1.82, 2.24) is 0 Å². The van der Waals surface area contributed by atoms with E-state index in [1.807, 2.05) is 0 Å². The maximum Gasteiger partial charge on any atom is 0.306 e. The van der Waals surface area contributed by atoms with Crippen LogP contribution in [0.15, 0.2) is 60.8 Å². The maximum absolute atomic E-state index is 12.6. The zero-order valence-corrected chi connectivity index (χ0v) is 33.8. The first-order valence-electron chi connectivity index (χ1n) is 21.3. The van der Waals surface area contributed by atoms with Crippen LogP contribution in [0.1, 0.15) is 194 Å². The molecule has 0 aromatic carbocycles. The van der Waals surface area contributed by atoms with E-state index in [1.165, 1.54) is 70.6 Å². The van der Waals surface area contributed by atoms with Crippen LogP contribution in [0.2, 0.25) is 0 Å². The molecule has 298 valence electrons. The molecule has 52 heavy (non-hydrogen) atoms. The second-order valence-electron chi connectivity index (χ2n) is 13.9. The molecule has 0 saturated heterocycles. The van der Waals surface area contributed by atoms with Crippen molar-refractivity contribution in [3.05, 3.63) is 60.8 Å². The normalized spacial score (nSPS) is 12.6. The molecule has 0 radical (unpaired) electrons. The Morgan fingerprint density at radius 1 is 0.404 bits per heavy atom. The summed E-state index contributed by atoms with van der Waals surface area (Å²) in [6.45, 7) is 6.37. The van der Waals surface area contributed by atoms with Crippen LogP contribution in [0.4, 0.5) is 0 Å². The minimum Gasteiger partial charge on any atom is -0.462 e. The van der Waals surface area contributed by atoms with E-state index in [2.05, 4.69) is 81.5 Å². The molecule has 0 spiro atoms. The largest absolute Gasteiger partial charge is 0.462 e. The fourth-order valence-electron chi connectivity index (χ4n) is 5.52. The molecule has 0 aliphatic rings. The van der Waals surface area contributed by atoms with E-state index in [-0.39, 0.29) is 37.5 Å². The van der Waals surface area contributed by atoms with Crippen molar-refractivity contribution in [3.63, 3.8) is 0 Å². The summed E-state index contributed by atoms with van der Waals surface area (Å²) in [6.07, 6.45) is 47.9. The molecule has 0 N–H and O–H groups in total. The van der Waals surface area contributed by atoms with Gasteiger partial charge in [-0.1, -0.05) is 146 Å². The summed E-state index contributed by atoms with van der Waals surface area (Å²) in [5, 5.41) is 0. The smallest absolute Gasteiger partial charge is 0.306 e. The van der Waals surface area contributed by atoms with E-state index >= 15 is 0 Å². The van der Waals surface area contributed by atoms with Gasteiger partial charge in [-0.05, 0) is 89.9 Å². The lowest BCUT2D eigenvalue weighted by Crippen LogP contribution is -2.30. The van der Waals surface area contributed by atoms with Crippen LogP contribution in [-0.4, -0.2) is 37.2 Å². The number of ether oxygens (including phenoxy) is 3. The minimum absolute atomic E-state index is 0.102. The van der Waals surface area contributed by atoms with Crippen LogP contribution in [-0.2, 0) is 28.6 Å². The zero-order chi connectivity index (χ0) is 38.0. The molecule has 1 unspecified atom stereocenters. The molecule has 0 saturated carbocycles. The number of hydrogen-bond acceptors (Lipinski definition) is 6. The van der Waals surface area contributed by atoms with Gasteiger partial charge < -0.3 is 14.2 Å². The van der Waals surface area contributed by atoms with Crippen LogP contribution >= 0.6 is 0 Å². The highest BCUT2D eigenvalue weighted by atomic mass is 16.6. The summed E-state index contributed by atoms with van der Waals surface area (Å²) in [5.74, 6) is -0.995. The lowest BCUT2D eigenvalue weighted by atomic mass is 10.1. The molecule has 0 aromatic heterocycles. The van der Waals surface area contributed by atoms with Crippen molar-refractivity contribution in [2.75, 3.05) is 13.2 Å². The van der Waals surface area contributed by atoms with Crippen LogP contribution in [0.25, 0.3) is 0 Å². The quantitative estimate of drug-likeness (QED) is 0.0274. The molecular formula is C46H78O6. The van der Waals surface area contributed by atoms with E-state index in [0.717, 1.165) is 70.6 Å². The van der Waals surface area contributed by atoms with Crippen molar-refractivity contribution in [2.45, 2.75) is 200 Å². The first kappa shape index (κ1) is 49.1. The lowest BCUT2D eigenvalue weighted by molar-refractivity contribution is -0.167. The van der Waals surface area contributed by atoms with Gasteiger partial charge in [-0.3, -0.25) is 14.4 Å². The van der Waals surface area contributed by atoms with E-state index in [1.54, 1.807) is 0 Å². The van der Waals surface area contributed by atoms with Crippen LogP contribution < -0.4 is 0 Å². The van der Waals surface area contributed by atoms with E-state index in [9.17, 15) is 14.4 Å². The molecule has 6 nitrogen and oxygen atoms in total. The highest BCUT2D eigenvalue weighted by Gasteiger charge is 2.19. The Morgan fingerprint density at radius 2 is 0.769 bits per heavy atom. The van der Waals surface area contributed by atoms with Gasteiger partial charge >= 0.3 is 17.9 Å². The number of carbonyl (C=O) groups is 3. The Labute approximate surface area is 320 Å². The van der Waals surface area contributed by atoms with Crippen molar-refractivity contribution in [2.24, 2.45) is 0 Å². The third kappa shape index (κ3) is 38.3. The standard InChI is InChI=1S/C46H78O6/c1-4-7-10-13-16-19-20-21-22-23-24-25-28-30-33-36-39-45(48)51-42-43(52-46(49)40-37-34-31-27-18-15-12-9-6-3)41-50-44(47)38-35-32-29-26-17-14-11-8-5-2/h7,10,16,19,21-22,26-27,29,31,43H,4-6,8-9,11-15,17-18,20,23-25,28,30,32-42H2,1-3H3/b10-7-,19-16-,22-21-,29-26-,31-27-. The molecule has 0 aromatic rings. The minimum atomic E-state index is -0.800. The van der Waals surface area contributed by atoms with Gasteiger partial charge in [0.05, 0.1) is 0 Å². The highest BCUT2D eigenvalue weighted by molar-refractivity contribution is 5.71. The summed E-state index contributed by atoms with van der Waals surface area (Å²) in [7, 11) is 0. The first-order valence-corrected chi connectivity index (χ1v) is 21.3. The molecule has 0 bridgehead atoms. The average Bonchev–Trinajstić information content (AvgIpc) is 3.14. The second kappa shape index (κ2) is 40.9. The van der Waals surface area contributed by atoms with Gasteiger partial charge in [0.2, 0.25) is 0 Å². The average molecular weight is 727 g/mol. The number of unbranched alkanes of at least 4 members (excludes halogenated alkanes) is 16. The third-order valence-corrected chi connectivity index (χ3v) is 8.73. The number of rotatable bonds is 37. The summed E-state index contributed by atoms with van der Waals surface area (Å²) < 4.78 is 16.5. The van der Waals surface area contributed by atoms with E-state index in [0.29, 0.717) is 25.7 Å². The topological polar surface area (TPSA) is 78.9 Å². The molecule has 6 heteroatoms. The predicted molar refractivity (Wildman–Crippen MR) is 219 cm³/mol.